The first-order chi connectivity index (χ1) is 9.22. The highest BCUT2D eigenvalue weighted by Gasteiger charge is 2.21. The van der Waals surface area contributed by atoms with E-state index in [-0.39, 0.29) is 11.1 Å². The van der Waals surface area contributed by atoms with Crippen molar-refractivity contribution < 1.29 is 4.79 Å². The largest absolute Gasteiger partial charge is 0.356 e. The summed E-state index contributed by atoms with van der Waals surface area (Å²) in [4.78, 5) is 30.2. The van der Waals surface area contributed by atoms with Crippen LogP contribution >= 0.6 is 0 Å². The number of hydrogen-bond donors (Lipinski definition) is 0. The average molecular weight is 257 g/mol. The van der Waals surface area contributed by atoms with E-state index in [9.17, 15) is 9.59 Å². The molecule has 0 N–H and O–H groups in total. The van der Waals surface area contributed by atoms with E-state index in [0.29, 0.717) is 17.8 Å². The fourth-order valence-electron chi connectivity index (χ4n) is 2.57. The minimum atomic E-state index is -0.286. The molecule has 0 aromatic carbocycles. The lowest BCUT2D eigenvalue weighted by molar-refractivity contribution is 0.112. The second-order valence-electron chi connectivity index (χ2n) is 4.85. The highest BCUT2D eigenvalue weighted by Crippen LogP contribution is 2.20. The highest BCUT2D eigenvalue weighted by molar-refractivity contribution is 5.83. The molecule has 1 aliphatic heterocycles. The standard InChI is InChI=1S/C14H15N3O2/c1-10-5-4-8-17-12(10)15-13(11(9-18)14(17)19)16-6-2-3-7-16/h4-5,8-9H,2-3,6-7H2,1H3. The molecule has 3 heterocycles. The van der Waals surface area contributed by atoms with Crippen LogP contribution in [0, 0.1) is 6.92 Å². The van der Waals surface area contributed by atoms with E-state index >= 15 is 0 Å². The molecule has 3 rings (SSSR count). The van der Waals surface area contributed by atoms with Gasteiger partial charge < -0.3 is 4.90 Å². The molecule has 0 amide bonds. The molecule has 2 aromatic rings. The van der Waals surface area contributed by atoms with Crippen molar-refractivity contribution in [2.24, 2.45) is 0 Å². The molecule has 1 aliphatic rings. The zero-order chi connectivity index (χ0) is 13.4. The van der Waals surface area contributed by atoms with Gasteiger partial charge in [-0.25, -0.2) is 4.98 Å². The third-order valence-electron chi connectivity index (χ3n) is 3.59. The Morgan fingerprint density at radius 1 is 1.32 bits per heavy atom. The molecule has 98 valence electrons. The van der Waals surface area contributed by atoms with Gasteiger partial charge in [-0.1, -0.05) is 6.07 Å². The maximum absolute atomic E-state index is 12.4. The molecular formula is C14H15N3O2. The Morgan fingerprint density at radius 2 is 2.05 bits per heavy atom. The molecule has 0 bridgehead atoms. The topological polar surface area (TPSA) is 54.7 Å². The zero-order valence-corrected chi connectivity index (χ0v) is 10.8. The molecule has 5 heteroatoms. The Kier molecular flexibility index (Phi) is 2.81. The van der Waals surface area contributed by atoms with Crippen LogP contribution in [0.3, 0.4) is 0 Å². The van der Waals surface area contributed by atoms with Gasteiger partial charge in [0.1, 0.15) is 17.0 Å². The smallest absolute Gasteiger partial charge is 0.270 e. The minimum absolute atomic E-state index is 0.157. The number of aryl methyl sites for hydroxylation is 1. The number of aldehydes is 1. The van der Waals surface area contributed by atoms with Gasteiger partial charge >= 0.3 is 0 Å². The molecule has 19 heavy (non-hydrogen) atoms. The zero-order valence-electron chi connectivity index (χ0n) is 10.8. The Balaban J connectivity index is 2.34. The summed E-state index contributed by atoms with van der Waals surface area (Å²) >= 11 is 0. The first-order valence-electron chi connectivity index (χ1n) is 6.44. The molecule has 2 aromatic heterocycles. The fraction of sp³-hybridized carbons (Fsp3) is 0.357. The van der Waals surface area contributed by atoms with E-state index < -0.39 is 0 Å². The van der Waals surface area contributed by atoms with Crippen LogP contribution in [0.2, 0.25) is 0 Å². The first kappa shape index (κ1) is 11.9. The van der Waals surface area contributed by atoms with Crippen LogP contribution in [0.4, 0.5) is 5.82 Å². The molecule has 0 aliphatic carbocycles. The van der Waals surface area contributed by atoms with Crippen LogP contribution in [0.1, 0.15) is 28.8 Å². The van der Waals surface area contributed by atoms with Crippen LogP contribution in [0.5, 0.6) is 0 Å². The Labute approximate surface area is 110 Å². The molecule has 1 fully saturated rings. The van der Waals surface area contributed by atoms with Gasteiger partial charge in [0.2, 0.25) is 0 Å². The van der Waals surface area contributed by atoms with Crippen LogP contribution in [-0.2, 0) is 0 Å². The second-order valence-corrected chi connectivity index (χ2v) is 4.85. The summed E-state index contributed by atoms with van der Waals surface area (Å²) in [6, 6.07) is 3.70. The van der Waals surface area contributed by atoms with Gasteiger partial charge in [-0.2, -0.15) is 0 Å². The maximum atomic E-state index is 12.4. The van der Waals surface area contributed by atoms with Crippen molar-refractivity contribution in [2.75, 3.05) is 18.0 Å². The number of carbonyl (C=O) groups is 1. The predicted molar refractivity (Wildman–Crippen MR) is 73.0 cm³/mol. The van der Waals surface area contributed by atoms with E-state index in [1.807, 2.05) is 17.9 Å². The third kappa shape index (κ3) is 1.82. The van der Waals surface area contributed by atoms with Crippen LogP contribution in [0.15, 0.2) is 23.1 Å². The lowest BCUT2D eigenvalue weighted by Gasteiger charge is -2.18. The van der Waals surface area contributed by atoms with Gasteiger partial charge in [-0.05, 0) is 31.4 Å². The van der Waals surface area contributed by atoms with Gasteiger partial charge in [0, 0.05) is 19.3 Å². The predicted octanol–water partition coefficient (Wildman–Crippen LogP) is 1.42. The summed E-state index contributed by atoms with van der Waals surface area (Å²) in [7, 11) is 0. The maximum Gasteiger partial charge on any atom is 0.270 e. The van der Waals surface area contributed by atoms with Crippen LogP contribution < -0.4 is 10.5 Å². The van der Waals surface area contributed by atoms with Crippen molar-refractivity contribution in [3.8, 4) is 0 Å². The van der Waals surface area contributed by atoms with Crippen molar-refractivity contribution in [1.29, 1.82) is 0 Å². The quantitative estimate of drug-likeness (QED) is 0.763. The molecule has 1 saturated heterocycles. The van der Waals surface area contributed by atoms with Gasteiger partial charge in [-0.3, -0.25) is 14.0 Å². The SMILES string of the molecule is Cc1cccn2c(=O)c(C=O)c(N3CCCC3)nc12. The Morgan fingerprint density at radius 3 is 2.74 bits per heavy atom. The number of carbonyl (C=O) groups excluding carboxylic acids is 1. The van der Waals surface area contributed by atoms with Crippen molar-refractivity contribution in [1.82, 2.24) is 9.38 Å². The average Bonchev–Trinajstić information content (AvgIpc) is 2.93. The summed E-state index contributed by atoms with van der Waals surface area (Å²) in [5.41, 5.74) is 1.42. The van der Waals surface area contributed by atoms with E-state index in [2.05, 4.69) is 4.98 Å². The van der Waals surface area contributed by atoms with Crippen LogP contribution in [-0.4, -0.2) is 28.8 Å². The van der Waals surface area contributed by atoms with E-state index in [0.717, 1.165) is 31.5 Å². The van der Waals surface area contributed by atoms with Crippen molar-refractivity contribution >= 4 is 17.8 Å². The summed E-state index contributed by atoms with van der Waals surface area (Å²) in [6.45, 7) is 3.63. The molecule has 0 spiro atoms. The summed E-state index contributed by atoms with van der Waals surface area (Å²) in [5.74, 6) is 0.534. The highest BCUT2D eigenvalue weighted by atomic mass is 16.1. The molecular weight excluding hydrogens is 242 g/mol. The van der Waals surface area contributed by atoms with Crippen molar-refractivity contribution in [2.45, 2.75) is 19.8 Å². The van der Waals surface area contributed by atoms with E-state index in [1.54, 1.807) is 12.3 Å². The van der Waals surface area contributed by atoms with Crippen molar-refractivity contribution in [3.63, 3.8) is 0 Å². The first-order valence-corrected chi connectivity index (χ1v) is 6.44. The normalized spacial score (nSPS) is 15.1. The van der Waals surface area contributed by atoms with Gasteiger partial charge in [0.15, 0.2) is 6.29 Å². The summed E-state index contributed by atoms with van der Waals surface area (Å²) in [5, 5.41) is 0. The summed E-state index contributed by atoms with van der Waals surface area (Å²) < 4.78 is 1.44. The van der Waals surface area contributed by atoms with Gasteiger partial charge in [0.25, 0.3) is 5.56 Å². The number of fused-ring (bicyclic) bond motifs is 1. The van der Waals surface area contributed by atoms with E-state index in [1.165, 1.54) is 4.40 Å². The molecule has 0 saturated carbocycles. The summed E-state index contributed by atoms with van der Waals surface area (Å²) in [6.07, 6.45) is 4.43. The number of nitrogens with zero attached hydrogens (tertiary/aromatic N) is 3. The van der Waals surface area contributed by atoms with Crippen molar-refractivity contribution in [3.05, 3.63) is 39.8 Å². The molecule has 0 radical (unpaired) electrons. The van der Waals surface area contributed by atoms with Gasteiger partial charge in [-0.15, -0.1) is 0 Å². The number of hydrogen-bond acceptors (Lipinski definition) is 4. The van der Waals surface area contributed by atoms with Gasteiger partial charge in [0.05, 0.1) is 0 Å². The molecule has 0 atom stereocenters. The third-order valence-corrected chi connectivity index (χ3v) is 3.59. The Hall–Kier alpha value is -2.17. The Bertz CT molecular complexity index is 700. The lowest BCUT2D eigenvalue weighted by atomic mass is 10.2. The van der Waals surface area contributed by atoms with Crippen LogP contribution in [0.25, 0.3) is 5.65 Å². The lowest BCUT2D eigenvalue weighted by Crippen LogP contribution is -2.28. The minimum Gasteiger partial charge on any atom is -0.356 e. The monoisotopic (exact) mass is 257 g/mol. The second kappa shape index (κ2) is 4.50. The number of anilines is 1. The number of pyridine rings is 1. The fourth-order valence-corrected chi connectivity index (χ4v) is 2.57. The molecule has 5 nitrogen and oxygen atoms in total. The number of rotatable bonds is 2. The van der Waals surface area contributed by atoms with E-state index in [4.69, 9.17) is 0 Å². The number of aromatic nitrogens is 2. The molecule has 0 unspecified atom stereocenters.